The summed E-state index contributed by atoms with van der Waals surface area (Å²) in [5.74, 6) is 1.12. The molecule has 0 aromatic carbocycles. The Morgan fingerprint density at radius 2 is 1.88 bits per heavy atom. The molecule has 0 spiro atoms. The van der Waals surface area contributed by atoms with Crippen molar-refractivity contribution in [2.24, 2.45) is 0 Å². The molecule has 0 aromatic heterocycles. The van der Waals surface area contributed by atoms with Gasteiger partial charge >= 0.3 is 7.68 Å². The number of rotatable bonds is 2. The summed E-state index contributed by atoms with van der Waals surface area (Å²) in [7, 11) is -2.34. The van der Waals surface area contributed by atoms with Gasteiger partial charge in [0.05, 0.1) is 0 Å². The molecule has 0 rings (SSSR count). The van der Waals surface area contributed by atoms with E-state index in [1.54, 1.807) is 12.2 Å². The van der Waals surface area contributed by atoms with Crippen LogP contribution in [0.25, 0.3) is 0 Å². The van der Waals surface area contributed by atoms with Crippen LogP contribution >= 0.6 is 7.68 Å². The van der Waals surface area contributed by atoms with Crippen LogP contribution in [0.2, 0.25) is 0 Å². The molecule has 0 amide bonds. The Morgan fingerprint density at radius 1 is 1.25 bits per heavy atom. The Balaban J connectivity index is 3.67. The summed E-state index contributed by atoms with van der Waals surface area (Å²) in [5.41, 5.74) is 0. The second kappa shape index (κ2) is 4.54. The topological polar surface area (TPSA) is 34.1 Å². The highest BCUT2D eigenvalue weighted by atomic mass is 31.1. The summed E-state index contributed by atoms with van der Waals surface area (Å²) in [5, 5.41) is 0. The second-order valence-electron chi connectivity index (χ2n) is 1.15. The first-order valence-corrected chi connectivity index (χ1v) is 3.45. The third-order valence-corrected chi connectivity index (χ3v) is 0.927. The minimum Gasteiger partial charge on any atom is -0.232 e. The van der Waals surface area contributed by atoms with Gasteiger partial charge in [-0.3, -0.25) is 0 Å². The lowest BCUT2D eigenvalue weighted by Gasteiger charge is -1.62. The van der Waals surface area contributed by atoms with E-state index in [1.807, 2.05) is 6.92 Å². The van der Waals surface area contributed by atoms with Crippen molar-refractivity contribution in [1.82, 2.24) is 0 Å². The second-order valence-corrected chi connectivity index (χ2v) is 2.02. The van der Waals surface area contributed by atoms with E-state index >= 15 is 0 Å². The zero-order valence-electron chi connectivity index (χ0n) is 4.57. The lowest BCUT2D eigenvalue weighted by atomic mass is 10.5. The smallest absolute Gasteiger partial charge is 0.232 e. The number of hydrogen-bond donors (Lipinski definition) is 0. The Hall–Kier alpha value is -0.620. The largest absolute Gasteiger partial charge is 0.341 e. The van der Waals surface area contributed by atoms with Gasteiger partial charge in [-0.25, -0.2) is 9.13 Å². The van der Waals surface area contributed by atoms with E-state index in [9.17, 15) is 9.13 Å². The average Bonchev–Trinajstić information content (AvgIpc) is 1.66. The first kappa shape index (κ1) is 7.38. The van der Waals surface area contributed by atoms with E-state index in [2.05, 4.69) is 0 Å². The molecule has 2 nitrogen and oxygen atoms in total. The van der Waals surface area contributed by atoms with E-state index in [0.29, 0.717) is 0 Å². The standard InChI is InChI=1S/C5H7O2P/c1-2-3-4-5-8(6)7/h2-5H,1H3. The molecule has 0 saturated heterocycles. The highest BCUT2D eigenvalue weighted by Crippen LogP contribution is 2.02. The maximum atomic E-state index is 9.79. The van der Waals surface area contributed by atoms with E-state index in [-0.39, 0.29) is 0 Å². The van der Waals surface area contributed by atoms with Gasteiger partial charge in [0.1, 0.15) is 0 Å². The molecule has 0 fully saturated rings. The molecule has 0 atom stereocenters. The molecule has 0 aliphatic heterocycles. The fraction of sp³-hybridized carbons (Fsp3) is 0.200. The fourth-order valence-corrected chi connectivity index (χ4v) is 0.471. The molecule has 0 aliphatic carbocycles. The van der Waals surface area contributed by atoms with Gasteiger partial charge in [0.25, 0.3) is 0 Å². The summed E-state index contributed by atoms with van der Waals surface area (Å²) >= 11 is 0. The van der Waals surface area contributed by atoms with Crippen molar-refractivity contribution < 1.29 is 9.13 Å². The van der Waals surface area contributed by atoms with Crippen LogP contribution in [0.4, 0.5) is 0 Å². The minimum absolute atomic E-state index is 1.12. The zero-order chi connectivity index (χ0) is 6.41. The third kappa shape index (κ3) is 5.38. The molecule has 0 unspecified atom stereocenters. The highest BCUT2D eigenvalue weighted by molar-refractivity contribution is 7.34. The van der Waals surface area contributed by atoms with Crippen LogP contribution < -0.4 is 0 Å². The fourth-order valence-electron chi connectivity index (χ4n) is 0.231. The first-order valence-electron chi connectivity index (χ1n) is 2.20. The lowest BCUT2D eigenvalue weighted by molar-refractivity contribution is 0.522. The van der Waals surface area contributed by atoms with Gasteiger partial charge in [0.15, 0.2) is 0 Å². The molecule has 0 N–H and O–H groups in total. The van der Waals surface area contributed by atoms with Gasteiger partial charge in [-0.2, -0.15) is 0 Å². The SMILES string of the molecule is CC=CC=CP(=O)=O. The molecule has 0 aliphatic rings. The highest BCUT2D eigenvalue weighted by Gasteiger charge is 1.71. The normalized spacial score (nSPS) is 11.1. The molecule has 8 heavy (non-hydrogen) atoms. The van der Waals surface area contributed by atoms with Crippen molar-refractivity contribution in [1.29, 1.82) is 0 Å². The molecule has 0 bridgehead atoms. The van der Waals surface area contributed by atoms with Crippen LogP contribution in [0.1, 0.15) is 6.92 Å². The van der Waals surface area contributed by atoms with Crippen LogP contribution in [-0.4, -0.2) is 0 Å². The molecule has 0 heterocycles. The van der Waals surface area contributed by atoms with Gasteiger partial charge in [-0.05, 0) is 6.92 Å². The molecular formula is C5H7O2P. The van der Waals surface area contributed by atoms with Crippen molar-refractivity contribution >= 4 is 7.68 Å². The summed E-state index contributed by atoms with van der Waals surface area (Å²) in [6.07, 6.45) is 4.90. The maximum absolute atomic E-state index is 9.79. The first-order chi connectivity index (χ1) is 3.77. The van der Waals surface area contributed by atoms with Gasteiger partial charge < -0.3 is 0 Å². The Labute approximate surface area is 48.7 Å². The van der Waals surface area contributed by atoms with E-state index < -0.39 is 7.68 Å². The monoisotopic (exact) mass is 130 g/mol. The molecular weight excluding hydrogens is 123 g/mol. The molecule has 0 radical (unpaired) electrons. The Bertz CT molecular complexity index is 157. The van der Waals surface area contributed by atoms with Gasteiger partial charge in [0.2, 0.25) is 0 Å². The zero-order valence-corrected chi connectivity index (χ0v) is 5.47. The Kier molecular flexibility index (Phi) is 4.19. The van der Waals surface area contributed by atoms with Crippen LogP contribution in [-0.2, 0) is 9.13 Å². The van der Waals surface area contributed by atoms with Crippen molar-refractivity contribution in [2.45, 2.75) is 6.92 Å². The van der Waals surface area contributed by atoms with Gasteiger partial charge in [0, 0.05) is 5.82 Å². The summed E-state index contributed by atoms with van der Waals surface area (Å²) in [6.45, 7) is 1.82. The number of hydrogen-bond acceptors (Lipinski definition) is 2. The van der Waals surface area contributed by atoms with Crippen LogP contribution in [0, 0.1) is 0 Å². The minimum atomic E-state index is -2.34. The maximum Gasteiger partial charge on any atom is 0.341 e. The molecule has 44 valence electrons. The molecule has 0 aromatic rings. The summed E-state index contributed by atoms with van der Waals surface area (Å²) in [6, 6.07) is 0. The predicted molar refractivity (Wildman–Crippen MR) is 32.2 cm³/mol. The van der Waals surface area contributed by atoms with Crippen molar-refractivity contribution in [3.8, 4) is 0 Å². The van der Waals surface area contributed by atoms with Crippen molar-refractivity contribution in [3.05, 3.63) is 24.0 Å². The van der Waals surface area contributed by atoms with E-state index in [0.717, 1.165) is 5.82 Å². The van der Waals surface area contributed by atoms with Crippen LogP contribution in [0.15, 0.2) is 24.0 Å². The van der Waals surface area contributed by atoms with Crippen LogP contribution in [0.5, 0.6) is 0 Å². The van der Waals surface area contributed by atoms with Crippen LogP contribution in [0.3, 0.4) is 0 Å². The quantitative estimate of drug-likeness (QED) is 0.424. The van der Waals surface area contributed by atoms with Crippen molar-refractivity contribution in [3.63, 3.8) is 0 Å². The van der Waals surface area contributed by atoms with E-state index in [1.165, 1.54) is 6.08 Å². The summed E-state index contributed by atoms with van der Waals surface area (Å²) < 4.78 is 19.6. The third-order valence-electron chi connectivity index (χ3n) is 0.511. The average molecular weight is 130 g/mol. The predicted octanol–water partition coefficient (Wildman–Crippen LogP) is 2.25. The number of allylic oxidation sites excluding steroid dienone is 3. The van der Waals surface area contributed by atoms with Crippen molar-refractivity contribution in [2.75, 3.05) is 0 Å². The van der Waals surface area contributed by atoms with Gasteiger partial charge in [-0.1, -0.05) is 18.2 Å². The summed E-state index contributed by atoms with van der Waals surface area (Å²) in [4.78, 5) is 0. The van der Waals surface area contributed by atoms with E-state index in [4.69, 9.17) is 0 Å². The lowest BCUT2D eigenvalue weighted by Crippen LogP contribution is -1.40. The molecule has 3 heteroatoms. The molecule has 0 saturated carbocycles. The van der Waals surface area contributed by atoms with Gasteiger partial charge in [-0.15, -0.1) is 0 Å². The Morgan fingerprint density at radius 3 is 2.25 bits per heavy atom.